The van der Waals surface area contributed by atoms with Crippen molar-refractivity contribution in [2.75, 3.05) is 0 Å². The summed E-state index contributed by atoms with van der Waals surface area (Å²) in [5, 5.41) is 0. The van der Waals surface area contributed by atoms with E-state index in [9.17, 15) is 9.18 Å². The van der Waals surface area contributed by atoms with Crippen LogP contribution in [0.15, 0.2) is 54.7 Å². The molecule has 26 heavy (non-hydrogen) atoms. The second kappa shape index (κ2) is 7.35. The molecule has 2 aromatic carbocycles. The van der Waals surface area contributed by atoms with E-state index in [4.69, 9.17) is 10.5 Å². The van der Waals surface area contributed by atoms with Gasteiger partial charge in [-0.2, -0.15) is 0 Å². The number of pyridine rings is 1. The van der Waals surface area contributed by atoms with Crippen LogP contribution in [0, 0.1) is 19.7 Å². The maximum atomic E-state index is 13.4. The van der Waals surface area contributed by atoms with Gasteiger partial charge in [-0.15, -0.1) is 0 Å². The predicted molar refractivity (Wildman–Crippen MR) is 98.4 cm³/mol. The lowest BCUT2D eigenvalue weighted by atomic mass is 10.0. The van der Waals surface area contributed by atoms with E-state index >= 15 is 0 Å². The molecule has 1 aromatic heterocycles. The smallest absolute Gasteiger partial charge is 0.248 e. The Hall–Kier alpha value is -3.21. The summed E-state index contributed by atoms with van der Waals surface area (Å²) in [5.41, 5.74) is 10.0. The number of halogens is 1. The molecule has 0 aliphatic heterocycles. The van der Waals surface area contributed by atoms with Crippen molar-refractivity contribution in [2.24, 2.45) is 5.73 Å². The molecule has 5 heteroatoms. The van der Waals surface area contributed by atoms with Crippen molar-refractivity contribution in [3.63, 3.8) is 0 Å². The standard InChI is InChI=1S/C21H19FN2O2/c1-13-7-17(22)11-18(8-13)26-12-15-5-6-24-20(10-15)16-3-4-19(21(23)25)14(2)9-16/h3-11H,12H2,1-2H3,(H2,23,25). The zero-order valence-electron chi connectivity index (χ0n) is 14.6. The normalized spacial score (nSPS) is 10.6. The van der Waals surface area contributed by atoms with E-state index in [1.165, 1.54) is 12.1 Å². The second-order valence-corrected chi connectivity index (χ2v) is 6.20. The first kappa shape index (κ1) is 17.6. The molecule has 3 rings (SSSR count). The molecule has 1 heterocycles. The molecule has 4 nitrogen and oxygen atoms in total. The number of amides is 1. The van der Waals surface area contributed by atoms with Crippen LogP contribution in [0.3, 0.4) is 0 Å². The summed E-state index contributed by atoms with van der Waals surface area (Å²) in [7, 11) is 0. The van der Waals surface area contributed by atoms with Gasteiger partial charge >= 0.3 is 0 Å². The highest BCUT2D eigenvalue weighted by Gasteiger charge is 2.08. The van der Waals surface area contributed by atoms with Gasteiger partial charge in [0.2, 0.25) is 5.91 Å². The van der Waals surface area contributed by atoms with E-state index in [0.29, 0.717) is 17.9 Å². The quantitative estimate of drug-likeness (QED) is 0.751. The lowest BCUT2D eigenvalue weighted by Crippen LogP contribution is -2.12. The van der Waals surface area contributed by atoms with Gasteiger partial charge in [-0.1, -0.05) is 6.07 Å². The molecule has 0 bridgehead atoms. The highest BCUT2D eigenvalue weighted by atomic mass is 19.1. The number of carbonyl (C=O) groups is 1. The number of ether oxygens (including phenoxy) is 1. The molecular weight excluding hydrogens is 331 g/mol. The molecule has 0 unspecified atom stereocenters. The van der Waals surface area contributed by atoms with E-state index < -0.39 is 5.91 Å². The van der Waals surface area contributed by atoms with E-state index in [1.54, 1.807) is 18.3 Å². The van der Waals surface area contributed by atoms with Crippen molar-refractivity contribution < 1.29 is 13.9 Å². The number of rotatable bonds is 5. The maximum absolute atomic E-state index is 13.4. The Morgan fingerprint density at radius 3 is 2.62 bits per heavy atom. The second-order valence-electron chi connectivity index (χ2n) is 6.20. The van der Waals surface area contributed by atoms with Gasteiger partial charge in [0.15, 0.2) is 0 Å². The monoisotopic (exact) mass is 350 g/mol. The predicted octanol–water partition coefficient (Wildman–Crippen LogP) is 4.18. The highest BCUT2D eigenvalue weighted by Crippen LogP contribution is 2.22. The van der Waals surface area contributed by atoms with Gasteiger partial charge < -0.3 is 10.5 Å². The molecule has 3 aromatic rings. The van der Waals surface area contributed by atoms with Gasteiger partial charge in [0.25, 0.3) is 0 Å². The molecular formula is C21H19FN2O2. The molecule has 0 aliphatic carbocycles. The summed E-state index contributed by atoms with van der Waals surface area (Å²) in [6.07, 6.45) is 1.70. The molecule has 2 N–H and O–H groups in total. The lowest BCUT2D eigenvalue weighted by Gasteiger charge is -2.10. The van der Waals surface area contributed by atoms with Gasteiger partial charge in [0.05, 0.1) is 5.69 Å². The van der Waals surface area contributed by atoms with Gasteiger partial charge in [0.1, 0.15) is 18.2 Å². The van der Waals surface area contributed by atoms with Crippen molar-refractivity contribution in [3.8, 4) is 17.0 Å². The molecule has 0 aliphatic rings. The lowest BCUT2D eigenvalue weighted by molar-refractivity contribution is 0.0999. The Morgan fingerprint density at radius 1 is 1.12 bits per heavy atom. The number of nitrogens with zero attached hydrogens (tertiary/aromatic N) is 1. The molecule has 0 spiro atoms. The van der Waals surface area contributed by atoms with Crippen molar-refractivity contribution in [3.05, 3.63) is 82.8 Å². The minimum atomic E-state index is -0.449. The molecule has 0 atom stereocenters. The fraction of sp³-hybridized carbons (Fsp3) is 0.143. The van der Waals surface area contributed by atoms with Gasteiger partial charge in [-0.3, -0.25) is 9.78 Å². The summed E-state index contributed by atoms with van der Waals surface area (Å²) in [6, 6.07) is 13.8. The average Bonchev–Trinajstić information content (AvgIpc) is 2.59. The SMILES string of the molecule is Cc1cc(F)cc(OCc2ccnc(-c3ccc(C(N)=O)c(C)c3)c2)c1. The highest BCUT2D eigenvalue weighted by molar-refractivity contribution is 5.94. The van der Waals surface area contributed by atoms with E-state index in [1.807, 2.05) is 38.1 Å². The Bertz CT molecular complexity index is 950. The molecule has 0 fully saturated rings. The van der Waals surface area contributed by atoms with Crippen LogP contribution in [0.4, 0.5) is 4.39 Å². The van der Waals surface area contributed by atoms with Crippen LogP contribution in [0.2, 0.25) is 0 Å². The average molecular weight is 350 g/mol. The first-order valence-corrected chi connectivity index (χ1v) is 8.18. The van der Waals surface area contributed by atoms with Crippen LogP contribution >= 0.6 is 0 Å². The van der Waals surface area contributed by atoms with Crippen LogP contribution in [-0.4, -0.2) is 10.9 Å². The minimum absolute atomic E-state index is 0.302. The van der Waals surface area contributed by atoms with Crippen LogP contribution < -0.4 is 10.5 Å². The van der Waals surface area contributed by atoms with Crippen LogP contribution in [0.25, 0.3) is 11.3 Å². The topological polar surface area (TPSA) is 65.2 Å². The number of carbonyl (C=O) groups excluding carboxylic acids is 1. The molecule has 0 saturated carbocycles. The van der Waals surface area contributed by atoms with Gasteiger partial charge in [-0.05, 0) is 66.9 Å². The number of aryl methyl sites for hydroxylation is 2. The number of primary amides is 1. The van der Waals surface area contributed by atoms with Gasteiger partial charge in [-0.25, -0.2) is 4.39 Å². The number of aromatic nitrogens is 1. The van der Waals surface area contributed by atoms with Crippen molar-refractivity contribution >= 4 is 5.91 Å². The minimum Gasteiger partial charge on any atom is -0.489 e. The summed E-state index contributed by atoms with van der Waals surface area (Å²) >= 11 is 0. The van der Waals surface area contributed by atoms with E-state index in [2.05, 4.69) is 4.98 Å². The number of hydrogen-bond donors (Lipinski definition) is 1. The van der Waals surface area contributed by atoms with E-state index in [-0.39, 0.29) is 5.82 Å². The third kappa shape index (κ3) is 4.06. The first-order valence-electron chi connectivity index (χ1n) is 8.18. The third-order valence-electron chi connectivity index (χ3n) is 4.03. The fourth-order valence-corrected chi connectivity index (χ4v) is 2.77. The molecule has 0 saturated heterocycles. The fourth-order valence-electron chi connectivity index (χ4n) is 2.77. The first-order chi connectivity index (χ1) is 12.4. The maximum Gasteiger partial charge on any atom is 0.248 e. The van der Waals surface area contributed by atoms with Gasteiger partial charge in [0, 0.05) is 23.4 Å². The van der Waals surface area contributed by atoms with Crippen LogP contribution in [-0.2, 0) is 6.61 Å². The Kier molecular flexibility index (Phi) is 4.98. The largest absolute Gasteiger partial charge is 0.489 e. The van der Waals surface area contributed by atoms with Crippen LogP contribution in [0.5, 0.6) is 5.75 Å². The van der Waals surface area contributed by atoms with Crippen LogP contribution in [0.1, 0.15) is 27.0 Å². The van der Waals surface area contributed by atoms with Crippen molar-refractivity contribution in [1.29, 1.82) is 0 Å². The zero-order chi connectivity index (χ0) is 18.7. The number of hydrogen-bond acceptors (Lipinski definition) is 3. The Balaban J connectivity index is 1.80. The summed E-state index contributed by atoms with van der Waals surface area (Å²) in [5.74, 6) is -0.280. The number of benzene rings is 2. The molecule has 1 amide bonds. The zero-order valence-corrected chi connectivity index (χ0v) is 14.6. The number of nitrogens with two attached hydrogens (primary N) is 1. The molecule has 132 valence electrons. The Labute approximate surface area is 151 Å². The van der Waals surface area contributed by atoms with E-state index in [0.717, 1.165) is 27.9 Å². The summed E-state index contributed by atoms with van der Waals surface area (Å²) in [6.45, 7) is 3.96. The summed E-state index contributed by atoms with van der Waals surface area (Å²) < 4.78 is 19.1. The van der Waals surface area contributed by atoms with Crippen molar-refractivity contribution in [2.45, 2.75) is 20.5 Å². The summed E-state index contributed by atoms with van der Waals surface area (Å²) in [4.78, 5) is 15.7. The third-order valence-corrected chi connectivity index (χ3v) is 4.03. The molecule has 0 radical (unpaired) electrons. The van der Waals surface area contributed by atoms with Crippen molar-refractivity contribution in [1.82, 2.24) is 4.98 Å². The Morgan fingerprint density at radius 2 is 1.92 bits per heavy atom.